The molecule has 1 saturated heterocycles. The van der Waals surface area contributed by atoms with Crippen molar-refractivity contribution in [2.24, 2.45) is 23.7 Å². The maximum Gasteiger partial charge on any atom is 0.255 e. The van der Waals surface area contributed by atoms with Crippen molar-refractivity contribution < 1.29 is 19.2 Å². The molecule has 30 heavy (non-hydrogen) atoms. The largest absolute Gasteiger partial charge is 0.322 e. The number of ketones is 1. The van der Waals surface area contributed by atoms with Gasteiger partial charge in [-0.05, 0) is 73.7 Å². The number of anilines is 2. The van der Waals surface area contributed by atoms with E-state index < -0.39 is 0 Å². The normalized spacial score (nSPS) is 26.2. The van der Waals surface area contributed by atoms with Gasteiger partial charge in [0.15, 0.2) is 5.78 Å². The van der Waals surface area contributed by atoms with Crippen molar-refractivity contribution in [2.75, 3.05) is 10.2 Å². The lowest BCUT2D eigenvalue weighted by atomic mass is 9.85. The van der Waals surface area contributed by atoms with Crippen LogP contribution in [0.15, 0.2) is 60.7 Å². The molecule has 1 aliphatic heterocycles. The average molecular weight is 400 g/mol. The third kappa shape index (κ3) is 2.79. The van der Waals surface area contributed by atoms with Crippen LogP contribution in [0.3, 0.4) is 0 Å². The highest BCUT2D eigenvalue weighted by atomic mass is 16.2. The van der Waals surface area contributed by atoms with Crippen molar-refractivity contribution >= 4 is 34.9 Å². The van der Waals surface area contributed by atoms with Crippen LogP contribution in [0.25, 0.3) is 0 Å². The van der Waals surface area contributed by atoms with E-state index in [0.717, 1.165) is 6.42 Å². The molecule has 2 aromatic carbocycles. The molecule has 4 atom stereocenters. The smallest absolute Gasteiger partial charge is 0.255 e. The number of hydrogen-bond acceptors (Lipinski definition) is 4. The Labute approximate surface area is 173 Å². The molecule has 2 fully saturated rings. The van der Waals surface area contributed by atoms with Crippen molar-refractivity contribution in [3.8, 4) is 0 Å². The zero-order valence-corrected chi connectivity index (χ0v) is 16.4. The van der Waals surface area contributed by atoms with Crippen LogP contribution in [0, 0.1) is 23.7 Å². The van der Waals surface area contributed by atoms with Crippen LogP contribution in [-0.2, 0) is 9.59 Å². The van der Waals surface area contributed by atoms with Gasteiger partial charge in [0.05, 0.1) is 17.5 Å². The zero-order valence-electron chi connectivity index (χ0n) is 16.4. The van der Waals surface area contributed by atoms with Crippen molar-refractivity contribution in [3.05, 3.63) is 71.8 Å². The second kappa shape index (κ2) is 6.76. The first-order valence-corrected chi connectivity index (χ1v) is 10.0. The Kier molecular flexibility index (Phi) is 4.17. The van der Waals surface area contributed by atoms with Crippen LogP contribution >= 0.6 is 0 Å². The van der Waals surface area contributed by atoms with Crippen molar-refractivity contribution in [1.82, 2.24) is 0 Å². The van der Waals surface area contributed by atoms with Crippen molar-refractivity contribution in [1.29, 1.82) is 0 Å². The lowest BCUT2D eigenvalue weighted by Crippen LogP contribution is -2.32. The Morgan fingerprint density at radius 1 is 0.833 bits per heavy atom. The van der Waals surface area contributed by atoms with Gasteiger partial charge < -0.3 is 5.32 Å². The third-order valence-corrected chi connectivity index (χ3v) is 6.41. The van der Waals surface area contributed by atoms with E-state index in [9.17, 15) is 19.2 Å². The van der Waals surface area contributed by atoms with Gasteiger partial charge in [-0.3, -0.25) is 24.1 Å². The van der Waals surface area contributed by atoms with Crippen molar-refractivity contribution in [2.45, 2.75) is 13.3 Å². The van der Waals surface area contributed by atoms with Crippen LogP contribution < -0.4 is 10.2 Å². The number of nitrogens with zero attached hydrogens (tertiary/aromatic N) is 1. The Morgan fingerprint density at radius 2 is 1.37 bits per heavy atom. The van der Waals surface area contributed by atoms with Crippen LogP contribution in [0.5, 0.6) is 0 Å². The number of imide groups is 1. The minimum atomic E-state index is -0.310. The number of Topliss-reactive ketones (excluding diaryl/α,β-unsaturated/α-hetero) is 1. The molecule has 6 nitrogen and oxygen atoms in total. The SMILES string of the molecule is CC(=O)c1ccc(NC(=O)c2ccc(N3C(=O)[C@@H]4[C@@H](C3=O)[C@H]3C=C[C@H]4C3)cc2)cc1. The molecule has 0 unspecified atom stereocenters. The minimum absolute atomic E-state index is 0.0394. The summed E-state index contributed by atoms with van der Waals surface area (Å²) in [7, 11) is 0. The van der Waals surface area contributed by atoms with Crippen LogP contribution in [0.1, 0.15) is 34.1 Å². The second-order valence-electron chi connectivity index (χ2n) is 8.15. The fourth-order valence-electron chi connectivity index (χ4n) is 4.91. The molecule has 3 aliphatic rings. The summed E-state index contributed by atoms with van der Waals surface area (Å²) in [6, 6.07) is 13.2. The molecular formula is C24H20N2O4. The summed E-state index contributed by atoms with van der Waals surface area (Å²) in [4.78, 5) is 50.9. The van der Waals surface area contributed by atoms with Crippen molar-refractivity contribution in [3.63, 3.8) is 0 Å². The van der Waals surface area contributed by atoms with E-state index in [0.29, 0.717) is 22.5 Å². The summed E-state index contributed by atoms with van der Waals surface area (Å²) in [5.74, 6) is -0.768. The Balaban J connectivity index is 1.31. The van der Waals surface area contributed by atoms with Crippen LogP contribution in [0.4, 0.5) is 11.4 Å². The van der Waals surface area contributed by atoms with Gasteiger partial charge in [-0.2, -0.15) is 0 Å². The van der Waals surface area contributed by atoms with E-state index in [1.165, 1.54) is 11.8 Å². The molecule has 6 heteroatoms. The first-order valence-electron chi connectivity index (χ1n) is 10.0. The van der Waals surface area contributed by atoms with Gasteiger partial charge in [0.25, 0.3) is 5.91 Å². The van der Waals surface area contributed by atoms with E-state index in [1.807, 2.05) is 0 Å². The highest BCUT2D eigenvalue weighted by Crippen LogP contribution is 2.53. The third-order valence-electron chi connectivity index (χ3n) is 6.41. The monoisotopic (exact) mass is 400 g/mol. The average Bonchev–Trinajstić information content (AvgIpc) is 3.42. The Morgan fingerprint density at radius 3 is 1.90 bits per heavy atom. The molecule has 0 radical (unpaired) electrons. The number of carbonyl (C=O) groups is 4. The Hall–Kier alpha value is -3.54. The summed E-state index contributed by atoms with van der Waals surface area (Å²) in [6.45, 7) is 1.49. The molecule has 150 valence electrons. The fraction of sp³-hybridized carbons (Fsp3) is 0.250. The summed E-state index contributed by atoms with van der Waals surface area (Å²) in [5, 5.41) is 2.78. The Bertz CT molecular complexity index is 1070. The lowest BCUT2D eigenvalue weighted by molar-refractivity contribution is -0.123. The van der Waals surface area contributed by atoms with Crippen LogP contribution in [-0.4, -0.2) is 23.5 Å². The fourth-order valence-corrected chi connectivity index (χ4v) is 4.91. The highest BCUT2D eigenvalue weighted by Gasteiger charge is 2.59. The van der Waals surface area contributed by atoms with Gasteiger partial charge in [0.1, 0.15) is 0 Å². The maximum atomic E-state index is 12.9. The van der Waals surface area contributed by atoms with E-state index in [-0.39, 0.29) is 47.2 Å². The standard InChI is InChI=1S/C24H20N2O4/c1-13(27)14-4-8-18(9-5-14)25-22(28)15-6-10-19(11-7-15)26-23(29)20-16-2-3-17(12-16)21(20)24(26)30/h2-11,16-17,20-21H,12H2,1H3,(H,25,28)/t16-,17-,20-,21-/m0/s1. The van der Waals surface area contributed by atoms with Crippen LogP contribution in [0.2, 0.25) is 0 Å². The molecule has 0 aromatic heterocycles. The summed E-state index contributed by atoms with van der Waals surface area (Å²) in [5.41, 5.74) is 2.07. The number of nitrogens with one attached hydrogen (secondary N) is 1. The first kappa shape index (κ1) is 18.5. The molecule has 1 N–H and O–H groups in total. The number of fused-ring (bicyclic) bond motifs is 5. The minimum Gasteiger partial charge on any atom is -0.322 e. The van der Waals surface area contributed by atoms with Gasteiger partial charge in [0, 0.05) is 16.8 Å². The highest BCUT2D eigenvalue weighted by molar-refractivity contribution is 6.23. The van der Waals surface area contributed by atoms with Gasteiger partial charge in [0.2, 0.25) is 11.8 Å². The van der Waals surface area contributed by atoms with E-state index in [2.05, 4.69) is 17.5 Å². The number of carbonyl (C=O) groups excluding carboxylic acids is 4. The molecule has 2 aliphatic carbocycles. The second-order valence-corrected chi connectivity index (χ2v) is 8.15. The number of hydrogen-bond donors (Lipinski definition) is 1. The summed E-state index contributed by atoms with van der Waals surface area (Å²) < 4.78 is 0. The molecule has 2 bridgehead atoms. The van der Waals surface area contributed by atoms with E-state index >= 15 is 0 Å². The van der Waals surface area contributed by atoms with Gasteiger partial charge in [-0.25, -0.2) is 0 Å². The molecule has 3 amide bonds. The molecule has 1 saturated carbocycles. The summed E-state index contributed by atoms with van der Waals surface area (Å²) >= 11 is 0. The molecule has 0 spiro atoms. The number of rotatable bonds is 4. The molecule has 5 rings (SSSR count). The predicted molar refractivity (Wildman–Crippen MR) is 111 cm³/mol. The number of amides is 3. The van der Waals surface area contributed by atoms with E-state index in [4.69, 9.17) is 0 Å². The number of allylic oxidation sites excluding steroid dienone is 2. The summed E-state index contributed by atoms with van der Waals surface area (Å²) in [6.07, 6.45) is 5.03. The quantitative estimate of drug-likeness (QED) is 0.484. The maximum absolute atomic E-state index is 12.9. The lowest BCUT2D eigenvalue weighted by Gasteiger charge is -2.17. The van der Waals surface area contributed by atoms with Gasteiger partial charge in [-0.15, -0.1) is 0 Å². The topological polar surface area (TPSA) is 83.6 Å². The first-order chi connectivity index (χ1) is 14.4. The molecule has 1 heterocycles. The van der Waals surface area contributed by atoms with Gasteiger partial charge >= 0.3 is 0 Å². The zero-order chi connectivity index (χ0) is 21.0. The molecule has 2 aromatic rings. The van der Waals surface area contributed by atoms with E-state index in [1.54, 1.807) is 48.5 Å². The predicted octanol–water partition coefficient (Wildman–Crippen LogP) is 3.45. The van der Waals surface area contributed by atoms with Gasteiger partial charge in [-0.1, -0.05) is 12.2 Å². The molecular weight excluding hydrogens is 380 g/mol. The number of benzene rings is 2.